The molecule has 0 aliphatic carbocycles. The Kier molecular flexibility index (Phi) is 8.18. The van der Waals surface area contributed by atoms with Crippen LogP contribution in [0.25, 0.3) is 11.8 Å². The van der Waals surface area contributed by atoms with Crippen molar-refractivity contribution in [2.45, 2.75) is 13.0 Å². The van der Waals surface area contributed by atoms with Gasteiger partial charge in [-0.3, -0.25) is 9.36 Å². The average molecular weight is 639 g/mol. The second-order valence-electron chi connectivity index (χ2n) is 9.24. The second-order valence-corrected chi connectivity index (χ2v) is 11.1. The SMILES string of the molecule is CCOC(=O)C1=C(c2ccccc2)N=c2s/c(=C/c3cc(Br)c(N(C)C)o3)c(=O)n2[C@@H]1c1ccc(OC)c(OC)c1. The number of aromatic nitrogens is 1. The highest BCUT2D eigenvalue weighted by atomic mass is 79.9. The molecule has 2 aromatic carbocycles. The summed E-state index contributed by atoms with van der Waals surface area (Å²) in [5.41, 5.74) is 1.73. The van der Waals surface area contributed by atoms with Gasteiger partial charge in [0.25, 0.3) is 5.56 Å². The van der Waals surface area contributed by atoms with Gasteiger partial charge in [-0.2, -0.15) is 0 Å². The molecule has 0 saturated heterocycles. The molecule has 9 nitrogen and oxygen atoms in total. The summed E-state index contributed by atoms with van der Waals surface area (Å²) in [6, 6.07) is 15.7. The van der Waals surface area contributed by atoms with E-state index in [1.54, 1.807) is 38.3 Å². The van der Waals surface area contributed by atoms with E-state index in [-0.39, 0.29) is 17.7 Å². The third kappa shape index (κ3) is 5.34. The number of rotatable bonds is 8. The van der Waals surface area contributed by atoms with Crippen molar-refractivity contribution >= 4 is 50.9 Å². The van der Waals surface area contributed by atoms with Crippen molar-refractivity contribution < 1.29 is 23.4 Å². The zero-order valence-electron chi connectivity index (χ0n) is 23.1. The Morgan fingerprint density at radius 3 is 2.49 bits per heavy atom. The van der Waals surface area contributed by atoms with Gasteiger partial charge in [0.05, 0.1) is 47.1 Å². The lowest BCUT2D eigenvalue weighted by molar-refractivity contribution is -0.138. The number of carbonyl (C=O) groups is 1. The monoisotopic (exact) mass is 637 g/mol. The number of esters is 1. The summed E-state index contributed by atoms with van der Waals surface area (Å²) in [6.07, 6.45) is 1.68. The lowest BCUT2D eigenvalue weighted by Gasteiger charge is -2.26. The van der Waals surface area contributed by atoms with Crippen molar-refractivity contribution in [2.75, 3.05) is 39.8 Å². The zero-order valence-corrected chi connectivity index (χ0v) is 25.5. The third-order valence-electron chi connectivity index (χ3n) is 6.46. The minimum atomic E-state index is -0.844. The molecule has 1 aliphatic rings. The number of carbonyl (C=O) groups excluding carboxylic acids is 1. The Morgan fingerprint density at radius 1 is 1.12 bits per heavy atom. The molecule has 4 aromatic rings. The molecule has 212 valence electrons. The van der Waals surface area contributed by atoms with Crippen LogP contribution in [0.15, 0.2) is 78.8 Å². The normalized spacial score (nSPS) is 14.9. The van der Waals surface area contributed by atoms with Crippen molar-refractivity contribution in [1.29, 1.82) is 0 Å². The molecule has 0 fully saturated rings. The van der Waals surface area contributed by atoms with Crippen molar-refractivity contribution in [3.8, 4) is 11.5 Å². The van der Waals surface area contributed by atoms with Crippen LogP contribution < -0.4 is 29.3 Å². The number of nitrogens with zero attached hydrogens (tertiary/aromatic N) is 3. The fraction of sp³-hybridized carbons (Fsp3) is 0.233. The largest absolute Gasteiger partial charge is 0.493 e. The number of anilines is 1. The molecule has 0 unspecified atom stereocenters. The molecule has 0 N–H and O–H groups in total. The third-order valence-corrected chi connectivity index (χ3v) is 8.02. The predicted octanol–water partition coefficient (Wildman–Crippen LogP) is 4.37. The number of ether oxygens (including phenoxy) is 3. The quantitative estimate of drug-likeness (QED) is 0.265. The highest BCUT2D eigenvalue weighted by Gasteiger charge is 2.35. The van der Waals surface area contributed by atoms with E-state index in [0.717, 1.165) is 10.0 Å². The number of furan rings is 1. The van der Waals surface area contributed by atoms with E-state index in [1.807, 2.05) is 55.4 Å². The van der Waals surface area contributed by atoms with Crippen LogP contribution in [0.5, 0.6) is 11.5 Å². The first-order chi connectivity index (χ1) is 19.8. The molecule has 3 heterocycles. The molecule has 11 heteroatoms. The molecular formula is C30H28BrN3O6S. The van der Waals surface area contributed by atoms with Gasteiger partial charge in [0, 0.05) is 31.8 Å². The van der Waals surface area contributed by atoms with E-state index in [4.69, 9.17) is 23.6 Å². The predicted molar refractivity (Wildman–Crippen MR) is 161 cm³/mol. The lowest BCUT2D eigenvalue weighted by Crippen LogP contribution is -2.40. The lowest BCUT2D eigenvalue weighted by atomic mass is 9.93. The van der Waals surface area contributed by atoms with Crippen molar-refractivity contribution in [3.05, 3.63) is 101 Å². The van der Waals surface area contributed by atoms with Crippen LogP contribution in [-0.2, 0) is 9.53 Å². The molecule has 0 amide bonds. The summed E-state index contributed by atoms with van der Waals surface area (Å²) in [5, 5.41) is 0. The van der Waals surface area contributed by atoms with E-state index in [2.05, 4.69) is 15.9 Å². The van der Waals surface area contributed by atoms with Crippen molar-refractivity contribution in [2.24, 2.45) is 4.99 Å². The van der Waals surface area contributed by atoms with E-state index in [1.165, 1.54) is 23.0 Å². The standard InChI is InChI=1S/C30H28BrN3O6S/c1-6-39-29(36)24-25(17-10-8-7-9-11-17)32-30-34(26(24)18-12-13-21(37-4)22(14-18)38-5)27(35)23(41-30)16-19-15-20(31)28(40-19)33(2)3/h7-16,26H,6H2,1-5H3/b23-16+/t26-/m1/s1. The fourth-order valence-corrected chi connectivity index (χ4v) is 6.30. The molecule has 41 heavy (non-hydrogen) atoms. The number of hydrogen-bond acceptors (Lipinski definition) is 9. The highest BCUT2D eigenvalue weighted by molar-refractivity contribution is 9.10. The highest BCUT2D eigenvalue weighted by Crippen LogP contribution is 2.38. The van der Waals surface area contributed by atoms with Gasteiger partial charge in [-0.1, -0.05) is 47.7 Å². The first-order valence-electron chi connectivity index (χ1n) is 12.7. The number of hydrogen-bond donors (Lipinski definition) is 0. The molecule has 0 radical (unpaired) electrons. The summed E-state index contributed by atoms with van der Waals surface area (Å²) < 4.78 is 25.2. The maximum absolute atomic E-state index is 14.1. The molecular weight excluding hydrogens is 610 g/mol. The number of halogens is 1. The van der Waals surface area contributed by atoms with Crippen LogP contribution in [0, 0.1) is 0 Å². The first kappa shape index (κ1) is 28.4. The Balaban J connectivity index is 1.82. The van der Waals surface area contributed by atoms with Crippen LogP contribution in [0.4, 0.5) is 5.88 Å². The second kappa shape index (κ2) is 11.8. The number of fused-ring (bicyclic) bond motifs is 1. The minimum Gasteiger partial charge on any atom is -0.493 e. The van der Waals surface area contributed by atoms with E-state index < -0.39 is 12.0 Å². The van der Waals surface area contributed by atoms with Crippen LogP contribution in [0.1, 0.15) is 29.9 Å². The van der Waals surface area contributed by atoms with Crippen molar-refractivity contribution in [1.82, 2.24) is 4.57 Å². The Morgan fingerprint density at radius 2 is 1.85 bits per heavy atom. The van der Waals surface area contributed by atoms with Gasteiger partial charge in [-0.25, -0.2) is 9.79 Å². The number of benzene rings is 2. The van der Waals surface area contributed by atoms with Gasteiger partial charge in [0.2, 0.25) is 5.88 Å². The molecule has 5 rings (SSSR count). The van der Waals surface area contributed by atoms with Crippen LogP contribution >= 0.6 is 27.3 Å². The summed E-state index contributed by atoms with van der Waals surface area (Å²) in [5.74, 6) is 1.55. The van der Waals surface area contributed by atoms with Gasteiger partial charge in [0.15, 0.2) is 16.3 Å². The molecule has 0 spiro atoms. The zero-order chi connectivity index (χ0) is 29.3. The molecule has 0 saturated carbocycles. The van der Waals surface area contributed by atoms with Crippen LogP contribution in [-0.4, -0.2) is 45.5 Å². The Labute approximate surface area is 248 Å². The van der Waals surface area contributed by atoms with Gasteiger partial charge in [-0.15, -0.1) is 0 Å². The minimum absolute atomic E-state index is 0.162. The van der Waals surface area contributed by atoms with E-state index in [0.29, 0.717) is 43.7 Å². The van der Waals surface area contributed by atoms with Crippen LogP contribution in [0.3, 0.4) is 0 Å². The number of thiazole rings is 1. The maximum atomic E-state index is 14.1. The summed E-state index contributed by atoms with van der Waals surface area (Å²) in [6.45, 7) is 1.90. The topological polar surface area (TPSA) is 95.5 Å². The van der Waals surface area contributed by atoms with Gasteiger partial charge >= 0.3 is 5.97 Å². The summed E-state index contributed by atoms with van der Waals surface area (Å²) >= 11 is 4.73. The van der Waals surface area contributed by atoms with E-state index >= 15 is 0 Å². The van der Waals surface area contributed by atoms with Crippen molar-refractivity contribution in [3.63, 3.8) is 0 Å². The number of methoxy groups -OCH3 is 2. The smallest absolute Gasteiger partial charge is 0.338 e. The first-order valence-corrected chi connectivity index (χ1v) is 14.3. The average Bonchev–Trinajstić information content (AvgIpc) is 3.50. The Hall–Kier alpha value is -4.09. The van der Waals surface area contributed by atoms with Crippen LogP contribution in [0.2, 0.25) is 0 Å². The molecule has 1 atom stereocenters. The molecule has 1 aliphatic heterocycles. The van der Waals surface area contributed by atoms with E-state index in [9.17, 15) is 9.59 Å². The Bertz CT molecular complexity index is 1820. The summed E-state index contributed by atoms with van der Waals surface area (Å²) in [7, 11) is 6.82. The van der Waals surface area contributed by atoms with Gasteiger partial charge < -0.3 is 23.5 Å². The molecule has 0 bridgehead atoms. The molecule has 2 aromatic heterocycles. The van der Waals surface area contributed by atoms with Gasteiger partial charge in [-0.05, 0) is 40.5 Å². The summed E-state index contributed by atoms with van der Waals surface area (Å²) in [4.78, 5) is 34.8. The maximum Gasteiger partial charge on any atom is 0.338 e. The van der Waals surface area contributed by atoms with Gasteiger partial charge in [0.1, 0.15) is 5.76 Å². The fourth-order valence-electron chi connectivity index (χ4n) is 4.66.